The normalized spacial score (nSPS) is 16.0. The third-order valence-corrected chi connectivity index (χ3v) is 3.85. The summed E-state index contributed by atoms with van der Waals surface area (Å²) in [7, 11) is 0. The van der Waals surface area contributed by atoms with Crippen LogP contribution in [0.15, 0.2) is 75.6 Å². The van der Waals surface area contributed by atoms with E-state index in [1.54, 1.807) is 5.41 Å². The number of nitrogens with zero attached hydrogens (tertiary/aromatic N) is 1. The Kier molecular flexibility index (Phi) is 3.88. The topological polar surface area (TPSA) is 38.7 Å². The van der Waals surface area contributed by atoms with Gasteiger partial charge < -0.3 is 4.74 Å². The molecule has 0 bridgehead atoms. The minimum atomic E-state index is -0.409. The van der Waals surface area contributed by atoms with Crippen molar-refractivity contribution in [3.05, 3.63) is 76.8 Å². The van der Waals surface area contributed by atoms with Crippen LogP contribution in [0.1, 0.15) is 11.1 Å². The van der Waals surface area contributed by atoms with Crippen molar-refractivity contribution >= 4 is 23.6 Å². The van der Waals surface area contributed by atoms with E-state index < -0.39 is 5.97 Å². The zero-order chi connectivity index (χ0) is 14.7. The molecule has 0 unspecified atom stereocenters. The van der Waals surface area contributed by atoms with Crippen LogP contribution in [0.2, 0.25) is 0 Å². The van der Waals surface area contributed by atoms with Crippen LogP contribution in [-0.2, 0) is 9.53 Å². The van der Waals surface area contributed by atoms with Gasteiger partial charge in [0.05, 0.1) is 0 Å². The SMILES string of the molecule is Cc1ccc(S/C=C2/N=C(c3ccccc3)OC2=O)cc1. The second-order valence-electron chi connectivity index (χ2n) is 4.61. The van der Waals surface area contributed by atoms with Gasteiger partial charge in [0.25, 0.3) is 0 Å². The number of carbonyl (C=O) groups excluding carboxylic acids is 1. The fourth-order valence-corrected chi connectivity index (χ4v) is 2.53. The predicted octanol–water partition coefficient (Wildman–Crippen LogP) is 3.93. The molecule has 4 heteroatoms. The van der Waals surface area contributed by atoms with E-state index in [0.717, 1.165) is 10.5 Å². The summed E-state index contributed by atoms with van der Waals surface area (Å²) in [4.78, 5) is 17.1. The highest BCUT2D eigenvalue weighted by molar-refractivity contribution is 8.02. The molecule has 3 nitrogen and oxygen atoms in total. The molecule has 2 aromatic carbocycles. The fourth-order valence-electron chi connectivity index (χ4n) is 1.84. The minimum absolute atomic E-state index is 0.333. The average Bonchev–Trinajstić information content (AvgIpc) is 2.89. The smallest absolute Gasteiger partial charge is 0.364 e. The molecule has 0 fully saturated rings. The number of esters is 1. The van der Waals surface area contributed by atoms with Crippen molar-refractivity contribution in [3.8, 4) is 0 Å². The first-order chi connectivity index (χ1) is 10.2. The summed E-state index contributed by atoms with van der Waals surface area (Å²) in [6, 6.07) is 17.5. The molecule has 2 aromatic rings. The van der Waals surface area contributed by atoms with E-state index in [1.807, 2.05) is 61.5 Å². The number of carbonyl (C=O) groups is 1. The zero-order valence-electron chi connectivity index (χ0n) is 11.4. The summed E-state index contributed by atoms with van der Waals surface area (Å²) < 4.78 is 5.20. The number of ether oxygens (including phenoxy) is 1. The van der Waals surface area contributed by atoms with Crippen LogP contribution >= 0.6 is 11.8 Å². The molecule has 104 valence electrons. The van der Waals surface area contributed by atoms with E-state index in [1.165, 1.54) is 17.3 Å². The average molecular weight is 295 g/mol. The van der Waals surface area contributed by atoms with Crippen LogP contribution in [0.3, 0.4) is 0 Å². The van der Waals surface area contributed by atoms with E-state index in [-0.39, 0.29) is 0 Å². The maximum Gasteiger partial charge on any atom is 0.364 e. The fraction of sp³-hybridized carbons (Fsp3) is 0.0588. The van der Waals surface area contributed by atoms with Gasteiger partial charge in [-0.3, -0.25) is 0 Å². The van der Waals surface area contributed by atoms with Crippen molar-refractivity contribution < 1.29 is 9.53 Å². The molecule has 0 radical (unpaired) electrons. The maximum absolute atomic E-state index is 11.8. The number of rotatable bonds is 3. The highest BCUT2D eigenvalue weighted by atomic mass is 32.2. The van der Waals surface area contributed by atoms with Crippen molar-refractivity contribution in [1.29, 1.82) is 0 Å². The number of hydrogen-bond donors (Lipinski definition) is 0. The first kappa shape index (κ1) is 13.6. The number of thioether (sulfide) groups is 1. The third-order valence-electron chi connectivity index (χ3n) is 2.97. The Morgan fingerprint density at radius 1 is 1.05 bits per heavy atom. The Labute approximate surface area is 127 Å². The number of hydrogen-bond acceptors (Lipinski definition) is 4. The van der Waals surface area contributed by atoms with Gasteiger partial charge in [-0.25, -0.2) is 9.79 Å². The quantitative estimate of drug-likeness (QED) is 0.489. The third kappa shape index (κ3) is 3.23. The summed E-state index contributed by atoms with van der Waals surface area (Å²) in [5.74, 6) is -0.0511. The zero-order valence-corrected chi connectivity index (χ0v) is 12.3. The van der Waals surface area contributed by atoms with Crippen LogP contribution in [0.4, 0.5) is 0 Å². The number of aliphatic imine (C=N–C) groups is 1. The van der Waals surface area contributed by atoms with Crippen LogP contribution in [0.5, 0.6) is 0 Å². The van der Waals surface area contributed by atoms with Crippen molar-refractivity contribution in [3.63, 3.8) is 0 Å². The molecule has 0 N–H and O–H groups in total. The second kappa shape index (κ2) is 5.97. The van der Waals surface area contributed by atoms with E-state index in [2.05, 4.69) is 4.99 Å². The Hall–Kier alpha value is -2.33. The molecule has 1 aliphatic rings. The molecule has 0 saturated carbocycles. The van der Waals surface area contributed by atoms with Crippen molar-refractivity contribution in [2.45, 2.75) is 11.8 Å². The van der Waals surface area contributed by atoms with E-state index in [9.17, 15) is 4.79 Å². The molecule has 1 heterocycles. The lowest BCUT2D eigenvalue weighted by Gasteiger charge is -1.97. The van der Waals surface area contributed by atoms with Crippen LogP contribution < -0.4 is 0 Å². The van der Waals surface area contributed by atoms with E-state index in [0.29, 0.717) is 11.6 Å². The van der Waals surface area contributed by atoms with Gasteiger partial charge in [0.15, 0.2) is 5.70 Å². The number of benzene rings is 2. The molecule has 0 atom stereocenters. The Morgan fingerprint density at radius 2 is 1.76 bits per heavy atom. The van der Waals surface area contributed by atoms with Crippen molar-refractivity contribution in [1.82, 2.24) is 0 Å². The van der Waals surface area contributed by atoms with Crippen LogP contribution in [-0.4, -0.2) is 11.9 Å². The molecule has 3 rings (SSSR count). The van der Waals surface area contributed by atoms with Crippen molar-refractivity contribution in [2.24, 2.45) is 4.99 Å². The Bertz CT molecular complexity index is 718. The lowest BCUT2D eigenvalue weighted by Crippen LogP contribution is -2.04. The Balaban J connectivity index is 1.79. The predicted molar refractivity (Wildman–Crippen MR) is 84.2 cm³/mol. The highest BCUT2D eigenvalue weighted by Crippen LogP contribution is 2.24. The summed E-state index contributed by atoms with van der Waals surface area (Å²) in [5, 5.41) is 1.73. The van der Waals surface area contributed by atoms with Gasteiger partial charge in [0, 0.05) is 15.9 Å². The molecule has 21 heavy (non-hydrogen) atoms. The van der Waals surface area contributed by atoms with Crippen molar-refractivity contribution in [2.75, 3.05) is 0 Å². The van der Waals surface area contributed by atoms with Gasteiger partial charge in [0.1, 0.15) is 0 Å². The highest BCUT2D eigenvalue weighted by Gasteiger charge is 2.23. The van der Waals surface area contributed by atoms with Gasteiger partial charge in [-0.15, -0.1) is 0 Å². The van der Waals surface area contributed by atoms with E-state index in [4.69, 9.17) is 4.74 Å². The molecule has 0 spiro atoms. The summed E-state index contributed by atoms with van der Waals surface area (Å²) in [5.41, 5.74) is 2.34. The molecular weight excluding hydrogens is 282 g/mol. The maximum atomic E-state index is 11.8. The number of aryl methyl sites for hydroxylation is 1. The molecule has 0 aliphatic carbocycles. The molecule has 0 amide bonds. The first-order valence-electron chi connectivity index (χ1n) is 6.52. The number of cyclic esters (lactones) is 1. The standard InChI is InChI=1S/C17H13NO2S/c1-12-7-9-14(10-8-12)21-11-15-17(19)20-16(18-15)13-5-3-2-4-6-13/h2-11H,1H3/b15-11+. The van der Waals surface area contributed by atoms with E-state index >= 15 is 0 Å². The molecule has 0 saturated heterocycles. The van der Waals surface area contributed by atoms with Crippen LogP contribution in [0.25, 0.3) is 0 Å². The summed E-state index contributed by atoms with van der Waals surface area (Å²) >= 11 is 1.46. The first-order valence-corrected chi connectivity index (χ1v) is 7.40. The van der Waals surface area contributed by atoms with Gasteiger partial charge in [-0.2, -0.15) is 0 Å². The Morgan fingerprint density at radius 3 is 2.48 bits per heavy atom. The minimum Gasteiger partial charge on any atom is -0.402 e. The van der Waals surface area contributed by atoms with Gasteiger partial charge in [-0.1, -0.05) is 47.7 Å². The molecule has 1 aliphatic heterocycles. The van der Waals surface area contributed by atoms with Gasteiger partial charge in [-0.05, 0) is 31.2 Å². The monoisotopic (exact) mass is 295 g/mol. The van der Waals surface area contributed by atoms with Gasteiger partial charge in [0.2, 0.25) is 5.90 Å². The summed E-state index contributed by atoms with van der Waals surface area (Å²) in [6.07, 6.45) is 0. The lowest BCUT2D eigenvalue weighted by atomic mass is 10.2. The summed E-state index contributed by atoms with van der Waals surface area (Å²) in [6.45, 7) is 2.04. The molecule has 0 aromatic heterocycles. The second-order valence-corrected chi connectivity index (χ2v) is 5.55. The molecular formula is C17H13NO2S. The largest absolute Gasteiger partial charge is 0.402 e. The van der Waals surface area contributed by atoms with Gasteiger partial charge >= 0.3 is 5.97 Å². The van der Waals surface area contributed by atoms with Crippen LogP contribution in [0, 0.1) is 6.92 Å². The lowest BCUT2D eigenvalue weighted by molar-refractivity contribution is -0.130.